The van der Waals surface area contributed by atoms with E-state index in [1.54, 1.807) is 21.0 Å². The summed E-state index contributed by atoms with van der Waals surface area (Å²) in [6.45, 7) is 7.08. The molecule has 0 bridgehead atoms. The Labute approximate surface area is 159 Å². The molecule has 0 radical (unpaired) electrons. The van der Waals surface area contributed by atoms with Crippen molar-refractivity contribution in [3.63, 3.8) is 0 Å². The molecule has 1 atom stereocenters. The number of hydrogen-bond acceptors (Lipinski definition) is 6. The highest BCUT2D eigenvalue weighted by Crippen LogP contribution is 2.22. The van der Waals surface area contributed by atoms with Crippen molar-refractivity contribution in [1.29, 1.82) is 0 Å². The molecule has 2 N–H and O–H groups in total. The highest BCUT2D eigenvalue weighted by Gasteiger charge is 2.44. The van der Waals surface area contributed by atoms with Gasteiger partial charge in [0, 0.05) is 44.5 Å². The molecule has 2 saturated heterocycles. The fraction of sp³-hybridized carbons (Fsp3) is 0.579. The number of amides is 3. The van der Waals surface area contributed by atoms with Gasteiger partial charge in [-0.25, -0.2) is 4.79 Å². The van der Waals surface area contributed by atoms with E-state index >= 15 is 0 Å². The van der Waals surface area contributed by atoms with Crippen LogP contribution in [0.5, 0.6) is 5.75 Å². The number of aliphatic hydroxyl groups is 1. The summed E-state index contributed by atoms with van der Waals surface area (Å²) in [5.41, 5.74) is 0.218. The third-order valence-corrected chi connectivity index (χ3v) is 5.10. The summed E-state index contributed by atoms with van der Waals surface area (Å²) in [4.78, 5) is 29.7. The Bertz CT molecular complexity index is 701. The van der Waals surface area contributed by atoms with Crippen molar-refractivity contribution in [3.05, 3.63) is 24.3 Å². The van der Waals surface area contributed by atoms with Crippen molar-refractivity contribution in [2.45, 2.75) is 25.5 Å². The van der Waals surface area contributed by atoms with Gasteiger partial charge in [0.25, 0.3) is 5.91 Å². The maximum atomic E-state index is 12.2. The number of benzene rings is 1. The van der Waals surface area contributed by atoms with Crippen LogP contribution in [0, 0.1) is 0 Å². The van der Waals surface area contributed by atoms with Crippen LogP contribution in [-0.2, 0) is 4.79 Å². The van der Waals surface area contributed by atoms with Gasteiger partial charge in [-0.3, -0.25) is 14.6 Å². The molecule has 0 aliphatic carbocycles. The second kappa shape index (κ2) is 7.74. The minimum absolute atomic E-state index is 0.0181. The summed E-state index contributed by atoms with van der Waals surface area (Å²) in [6.07, 6.45) is -0.767. The van der Waals surface area contributed by atoms with Gasteiger partial charge in [-0.1, -0.05) is 6.07 Å². The highest BCUT2D eigenvalue weighted by molar-refractivity contribution is 6.06. The largest absolute Gasteiger partial charge is 0.497 e. The molecule has 8 nitrogen and oxygen atoms in total. The van der Waals surface area contributed by atoms with E-state index < -0.39 is 17.7 Å². The Morgan fingerprint density at radius 3 is 2.48 bits per heavy atom. The molecule has 3 amide bonds. The van der Waals surface area contributed by atoms with E-state index in [9.17, 15) is 14.7 Å². The topological polar surface area (TPSA) is 85.3 Å². The predicted molar refractivity (Wildman–Crippen MR) is 102 cm³/mol. The number of nitrogens with zero attached hydrogens (tertiary/aromatic N) is 3. The Hall–Kier alpha value is -2.32. The summed E-state index contributed by atoms with van der Waals surface area (Å²) in [6, 6.07) is 7.54. The maximum absolute atomic E-state index is 12.2. The zero-order valence-electron chi connectivity index (χ0n) is 16.1. The zero-order chi connectivity index (χ0) is 19.6. The number of rotatable bonds is 6. The summed E-state index contributed by atoms with van der Waals surface area (Å²) >= 11 is 0. The van der Waals surface area contributed by atoms with Gasteiger partial charge in [-0.2, -0.15) is 0 Å². The van der Waals surface area contributed by atoms with E-state index in [4.69, 9.17) is 4.74 Å². The smallest absolute Gasteiger partial charge is 0.325 e. The van der Waals surface area contributed by atoms with Crippen molar-refractivity contribution in [2.75, 3.05) is 51.3 Å². The fourth-order valence-corrected chi connectivity index (χ4v) is 3.55. The van der Waals surface area contributed by atoms with Crippen LogP contribution in [0.25, 0.3) is 0 Å². The number of ether oxygens (including phenoxy) is 1. The molecule has 2 aliphatic rings. The lowest BCUT2D eigenvalue weighted by molar-refractivity contribution is -0.131. The molecule has 0 unspecified atom stereocenters. The van der Waals surface area contributed by atoms with Crippen molar-refractivity contribution in [2.24, 2.45) is 0 Å². The molecule has 2 aliphatic heterocycles. The number of hydrogen-bond donors (Lipinski definition) is 2. The van der Waals surface area contributed by atoms with Gasteiger partial charge in [-0.15, -0.1) is 0 Å². The number of piperazine rings is 1. The lowest BCUT2D eigenvalue weighted by Crippen LogP contribution is -2.50. The van der Waals surface area contributed by atoms with Gasteiger partial charge in [0.2, 0.25) is 0 Å². The van der Waals surface area contributed by atoms with Crippen LogP contribution < -0.4 is 15.0 Å². The van der Waals surface area contributed by atoms with Gasteiger partial charge in [-0.05, 0) is 26.0 Å². The van der Waals surface area contributed by atoms with Crippen molar-refractivity contribution in [1.82, 2.24) is 15.1 Å². The van der Waals surface area contributed by atoms with Crippen molar-refractivity contribution in [3.8, 4) is 5.75 Å². The second-order valence-corrected chi connectivity index (χ2v) is 7.61. The molecule has 1 aromatic rings. The van der Waals surface area contributed by atoms with Crippen LogP contribution in [-0.4, -0.2) is 84.9 Å². The first-order valence-electron chi connectivity index (χ1n) is 9.23. The molecule has 2 fully saturated rings. The van der Waals surface area contributed by atoms with Gasteiger partial charge >= 0.3 is 6.03 Å². The molecule has 148 valence electrons. The van der Waals surface area contributed by atoms with Crippen molar-refractivity contribution < 1.29 is 19.4 Å². The Morgan fingerprint density at radius 1 is 1.19 bits per heavy atom. The van der Waals surface area contributed by atoms with Crippen LogP contribution in [0.2, 0.25) is 0 Å². The van der Waals surface area contributed by atoms with Gasteiger partial charge in [0.15, 0.2) is 0 Å². The number of β-amino-alcohol motifs (C(OH)–C–C–N with tert-alkyl or cyclic N) is 1. The molecule has 0 aromatic heterocycles. The van der Waals surface area contributed by atoms with E-state index in [2.05, 4.69) is 21.2 Å². The lowest BCUT2D eigenvalue weighted by Gasteiger charge is -2.37. The number of carbonyl (C=O) groups excluding carboxylic acids is 2. The number of methoxy groups -OCH3 is 1. The van der Waals surface area contributed by atoms with Gasteiger partial charge in [0.1, 0.15) is 11.3 Å². The Balaban J connectivity index is 1.49. The molecular formula is C19H28N4O4. The monoisotopic (exact) mass is 376 g/mol. The van der Waals surface area contributed by atoms with E-state index in [-0.39, 0.29) is 12.5 Å². The maximum Gasteiger partial charge on any atom is 0.325 e. The zero-order valence-corrected chi connectivity index (χ0v) is 16.1. The standard InChI is InChI=1S/C19H28N4O4/c1-19(2)17(25)23(18(26)20-19)13-15(24)12-21-7-9-22(10-8-21)14-5-4-6-16(11-14)27-3/h4-6,11,15,24H,7-10,12-13H2,1-3H3,(H,20,26)/t15-/m1/s1. The van der Waals surface area contributed by atoms with Crippen molar-refractivity contribution >= 4 is 17.6 Å². The lowest BCUT2D eigenvalue weighted by atomic mass is 10.1. The summed E-state index contributed by atoms with van der Waals surface area (Å²) in [7, 11) is 1.66. The molecule has 2 heterocycles. The van der Waals surface area contributed by atoms with E-state index in [1.807, 2.05) is 18.2 Å². The van der Waals surface area contributed by atoms with Gasteiger partial charge in [0.05, 0.1) is 19.8 Å². The SMILES string of the molecule is COc1cccc(N2CCN(C[C@@H](O)CN3C(=O)NC(C)(C)C3=O)CC2)c1. The fourth-order valence-electron chi connectivity index (χ4n) is 3.55. The molecule has 27 heavy (non-hydrogen) atoms. The first-order chi connectivity index (χ1) is 12.8. The number of carbonyl (C=O) groups is 2. The van der Waals surface area contributed by atoms with Crippen LogP contribution in [0.1, 0.15) is 13.8 Å². The Kier molecular flexibility index (Phi) is 5.57. The number of imide groups is 1. The highest BCUT2D eigenvalue weighted by atomic mass is 16.5. The van der Waals surface area contributed by atoms with E-state index in [0.717, 1.165) is 42.5 Å². The third-order valence-electron chi connectivity index (χ3n) is 5.10. The number of urea groups is 1. The minimum atomic E-state index is -0.904. The van der Waals surface area contributed by atoms with Crippen LogP contribution in [0.4, 0.5) is 10.5 Å². The van der Waals surface area contributed by atoms with Gasteiger partial charge < -0.3 is 20.1 Å². The average Bonchev–Trinajstić information content (AvgIpc) is 2.84. The summed E-state index contributed by atoms with van der Waals surface area (Å²) in [5.74, 6) is 0.538. The summed E-state index contributed by atoms with van der Waals surface area (Å²) < 4.78 is 5.28. The quantitative estimate of drug-likeness (QED) is 0.704. The molecule has 1 aromatic carbocycles. The normalized spacial score (nSPS) is 21.3. The predicted octanol–water partition coefficient (Wildman–Crippen LogP) is 0.509. The van der Waals surface area contributed by atoms with Crippen LogP contribution >= 0.6 is 0 Å². The average molecular weight is 376 g/mol. The summed E-state index contributed by atoms with van der Waals surface area (Å²) in [5, 5.41) is 13.0. The molecule has 0 saturated carbocycles. The second-order valence-electron chi connectivity index (χ2n) is 7.61. The van der Waals surface area contributed by atoms with Crippen LogP contribution in [0.15, 0.2) is 24.3 Å². The third kappa shape index (κ3) is 4.33. The van der Waals surface area contributed by atoms with E-state index in [0.29, 0.717) is 6.54 Å². The molecule has 0 spiro atoms. The first-order valence-corrected chi connectivity index (χ1v) is 9.23. The molecule has 3 rings (SSSR count). The van der Waals surface area contributed by atoms with Crippen LogP contribution in [0.3, 0.4) is 0 Å². The minimum Gasteiger partial charge on any atom is -0.497 e. The Morgan fingerprint density at radius 2 is 1.89 bits per heavy atom. The first kappa shape index (κ1) is 19.4. The number of nitrogens with one attached hydrogen (secondary N) is 1. The molecular weight excluding hydrogens is 348 g/mol. The number of aliphatic hydroxyl groups excluding tert-OH is 1. The van der Waals surface area contributed by atoms with E-state index in [1.165, 1.54) is 0 Å². The molecule has 8 heteroatoms. The number of anilines is 1.